The molecule has 0 saturated carbocycles. The van der Waals surface area contributed by atoms with Crippen LogP contribution >= 0.6 is 0 Å². The predicted molar refractivity (Wildman–Crippen MR) is 61.2 cm³/mol. The van der Waals surface area contributed by atoms with Crippen molar-refractivity contribution in [1.29, 1.82) is 0 Å². The normalized spacial score (nSPS) is 13.1. The predicted octanol–water partition coefficient (Wildman–Crippen LogP) is 0.780. The second-order valence-corrected chi connectivity index (χ2v) is 8.92. The van der Waals surface area contributed by atoms with E-state index in [-0.39, 0.29) is 25.0 Å². The van der Waals surface area contributed by atoms with E-state index in [9.17, 15) is 0 Å². The van der Waals surface area contributed by atoms with Gasteiger partial charge in [0.2, 0.25) is 0 Å². The summed E-state index contributed by atoms with van der Waals surface area (Å²) in [5.41, 5.74) is 0. The average Bonchev–Trinajstić information content (AvgIpc) is 2.01. The van der Waals surface area contributed by atoms with E-state index < -0.39 is 8.32 Å². The molecule has 14 heavy (non-hydrogen) atoms. The third-order valence-corrected chi connectivity index (χ3v) is 2.82. The summed E-state index contributed by atoms with van der Waals surface area (Å²) >= 11 is 0. The van der Waals surface area contributed by atoms with E-state index in [0.717, 1.165) is 6.42 Å². The van der Waals surface area contributed by atoms with Crippen molar-refractivity contribution in [3.8, 4) is 0 Å². The first-order valence-electron chi connectivity index (χ1n) is 5.22. The van der Waals surface area contributed by atoms with E-state index in [1.54, 1.807) is 6.08 Å². The maximum atomic E-state index is 5.89. The Morgan fingerprint density at radius 3 is 2.21 bits per heavy atom. The minimum Gasteiger partial charge on any atom is -0.515 e. The summed E-state index contributed by atoms with van der Waals surface area (Å²) in [5, 5.41) is 0. The minimum atomic E-state index is -1.41. The van der Waals surface area contributed by atoms with Crippen molar-refractivity contribution in [2.45, 2.75) is 58.4 Å². The van der Waals surface area contributed by atoms with Crippen molar-refractivity contribution < 1.29 is 23.3 Å². The van der Waals surface area contributed by atoms with Crippen molar-refractivity contribution in [2.75, 3.05) is 0 Å². The number of hydrogen-bond acceptors (Lipinski definition) is 1. The molecule has 0 bridgehead atoms. The Labute approximate surface area is 103 Å². The molecule has 3 heteroatoms. The summed E-state index contributed by atoms with van der Waals surface area (Å²) < 4.78 is 5.89. The van der Waals surface area contributed by atoms with Crippen LogP contribution in [0.1, 0.15) is 32.6 Å². The third kappa shape index (κ3) is 10.6. The van der Waals surface area contributed by atoms with Gasteiger partial charge in [0.05, 0.1) is 0 Å². The molecule has 78 valence electrons. The molecular formula is C11H23LiOSi. The Morgan fingerprint density at radius 1 is 1.29 bits per heavy atom. The SMILES string of the molecule is [CH-]=CC(CCCCC)O[Si](C)(C)C.[Li+]. The standard InChI is InChI=1S/C11H23OSi.Li/c1-6-8-9-10-11(7-2)12-13(3,4)5;/h2,7,11H,6,8-10H2,1,3-5H3;/q-1;+1. The first-order chi connectivity index (χ1) is 5.99. The van der Waals surface area contributed by atoms with Gasteiger partial charge in [-0.05, 0) is 26.1 Å². The molecule has 0 aromatic rings. The first-order valence-corrected chi connectivity index (χ1v) is 8.63. The molecule has 0 spiro atoms. The van der Waals surface area contributed by atoms with Gasteiger partial charge in [-0.15, -0.1) is 0 Å². The van der Waals surface area contributed by atoms with Crippen molar-refractivity contribution in [3.05, 3.63) is 12.7 Å². The Morgan fingerprint density at radius 2 is 1.86 bits per heavy atom. The largest absolute Gasteiger partial charge is 1.00 e. The Balaban J connectivity index is 0. The molecule has 0 radical (unpaired) electrons. The number of rotatable bonds is 7. The fourth-order valence-electron chi connectivity index (χ4n) is 1.24. The fraction of sp³-hybridized carbons (Fsp3) is 0.818. The molecule has 0 aliphatic rings. The summed E-state index contributed by atoms with van der Waals surface area (Å²) in [4.78, 5) is 0. The van der Waals surface area contributed by atoms with Gasteiger partial charge >= 0.3 is 18.9 Å². The maximum absolute atomic E-state index is 5.89. The molecule has 1 nitrogen and oxygen atoms in total. The third-order valence-electron chi connectivity index (χ3n) is 1.81. The van der Waals surface area contributed by atoms with Crippen LogP contribution in [0.3, 0.4) is 0 Å². The van der Waals surface area contributed by atoms with Crippen molar-refractivity contribution in [1.82, 2.24) is 0 Å². The second-order valence-electron chi connectivity index (χ2n) is 4.46. The van der Waals surface area contributed by atoms with Gasteiger partial charge in [-0.1, -0.05) is 26.2 Å². The monoisotopic (exact) mass is 206 g/mol. The molecule has 0 aliphatic carbocycles. The molecule has 0 rings (SSSR count). The molecule has 0 N–H and O–H groups in total. The zero-order chi connectivity index (χ0) is 10.3. The molecule has 1 atom stereocenters. The van der Waals surface area contributed by atoms with E-state index in [1.807, 2.05) is 0 Å². The van der Waals surface area contributed by atoms with Gasteiger partial charge in [-0.3, -0.25) is 0 Å². The molecule has 0 heterocycles. The van der Waals surface area contributed by atoms with Gasteiger partial charge in [-0.2, -0.15) is 0 Å². The van der Waals surface area contributed by atoms with Crippen molar-refractivity contribution in [2.24, 2.45) is 0 Å². The Hall–Kier alpha value is 0.514. The molecule has 0 fully saturated rings. The van der Waals surface area contributed by atoms with Crippen LogP contribution in [0.4, 0.5) is 0 Å². The molecule has 0 aliphatic heterocycles. The first kappa shape index (κ1) is 16.9. The number of unbranched alkanes of at least 4 members (excludes halogenated alkanes) is 2. The van der Waals surface area contributed by atoms with Crippen LogP contribution in [0.25, 0.3) is 0 Å². The summed E-state index contributed by atoms with van der Waals surface area (Å²) in [6, 6.07) is 0. The second kappa shape index (κ2) is 8.79. The van der Waals surface area contributed by atoms with E-state index in [2.05, 4.69) is 26.6 Å². The van der Waals surface area contributed by atoms with Crippen LogP contribution in [-0.2, 0) is 4.43 Å². The topological polar surface area (TPSA) is 9.23 Å². The van der Waals surface area contributed by atoms with Crippen molar-refractivity contribution >= 4 is 8.32 Å². The van der Waals surface area contributed by atoms with Crippen LogP contribution in [0, 0.1) is 6.58 Å². The van der Waals surface area contributed by atoms with E-state index in [1.165, 1.54) is 19.3 Å². The van der Waals surface area contributed by atoms with E-state index in [0.29, 0.717) is 0 Å². The zero-order valence-corrected chi connectivity index (χ0v) is 11.5. The van der Waals surface area contributed by atoms with Crippen LogP contribution in [0.15, 0.2) is 6.08 Å². The van der Waals surface area contributed by atoms with Gasteiger partial charge in [-0.25, -0.2) is 6.08 Å². The van der Waals surface area contributed by atoms with Crippen LogP contribution in [0.5, 0.6) is 0 Å². The Kier molecular flexibility index (Phi) is 10.6. The van der Waals surface area contributed by atoms with Crippen LogP contribution in [0.2, 0.25) is 19.6 Å². The summed E-state index contributed by atoms with van der Waals surface area (Å²) in [7, 11) is -1.41. The minimum absolute atomic E-state index is 0. The summed E-state index contributed by atoms with van der Waals surface area (Å²) in [6.07, 6.45) is 6.71. The van der Waals surface area contributed by atoms with Gasteiger partial charge in [0.15, 0.2) is 8.32 Å². The van der Waals surface area contributed by atoms with E-state index in [4.69, 9.17) is 11.0 Å². The van der Waals surface area contributed by atoms with Gasteiger partial charge in [0, 0.05) is 6.10 Å². The Bertz CT molecular complexity index is 143. The molecule has 0 saturated heterocycles. The maximum Gasteiger partial charge on any atom is 1.00 e. The van der Waals surface area contributed by atoms with E-state index >= 15 is 0 Å². The summed E-state index contributed by atoms with van der Waals surface area (Å²) in [5.74, 6) is 0. The fourth-order valence-corrected chi connectivity index (χ4v) is 2.35. The van der Waals surface area contributed by atoms with Gasteiger partial charge in [0.25, 0.3) is 0 Å². The molecular weight excluding hydrogens is 183 g/mol. The van der Waals surface area contributed by atoms with Gasteiger partial charge in [0.1, 0.15) is 0 Å². The average molecular weight is 206 g/mol. The molecule has 0 aromatic carbocycles. The number of hydrogen-bond donors (Lipinski definition) is 0. The van der Waals surface area contributed by atoms with Crippen LogP contribution in [-0.4, -0.2) is 14.4 Å². The summed E-state index contributed by atoms with van der Waals surface area (Å²) in [6.45, 7) is 14.3. The zero-order valence-electron chi connectivity index (χ0n) is 10.5. The molecule has 1 unspecified atom stereocenters. The van der Waals surface area contributed by atoms with Crippen LogP contribution < -0.4 is 18.9 Å². The molecule has 0 amide bonds. The molecule has 0 aromatic heterocycles. The quantitative estimate of drug-likeness (QED) is 0.340. The smallest absolute Gasteiger partial charge is 0.515 e. The van der Waals surface area contributed by atoms with Gasteiger partial charge < -0.3 is 11.0 Å². The van der Waals surface area contributed by atoms with Crippen molar-refractivity contribution in [3.63, 3.8) is 0 Å².